The first-order valence-corrected chi connectivity index (χ1v) is 7.07. The minimum Gasteiger partial charge on any atom is -0.391 e. The third kappa shape index (κ3) is 2.56. The molecule has 5 heteroatoms. The Morgan fingerprint density at radius 1 is 0.952 bits per heavy atom. The van der Waals surface area contributed by atoms with Gasteiger partial charge in [0.15, 0.2) is 5.76 Å². The van der Waals surface area contributed by atoms with Gasteiger partial charge in [0, 0.05) is 11.1 Å². The number of aliphatic hydroxyl groups excluding tert-OH is 1. The first kappa shape index (κ1) is 14.1. The van der Waals surface area contributed by atoms with E-state index in [1.165, 1.54) is 0 Å². The molecule has 0 saturated carbocycles. The van der Waals surface area contributed by atoms with Gasteiger partial charge in [0.25, 0.3) is 0 Å². The number of aromatic nitrogens is 1. The normalized spacial score (nSPS) is 10.8. The maximum absolute atomic E-state index is 9.71. The van der Waals surface area contributed by atoms with Gasteiger partial charge in [0.05, 0.1) is 22.2 Å². The van der Waals surface area contributed by atoms with E-state index < -0.39 is 0 Å². The van der Waals surface area contributed by atoms with Gasteiger partial charge in [-0.1, -0.05) is 64.8 Å². The van der Waals surface area contributed by atoms with E-state index in [2.05, 4.69) is 5.16 Å². The van der Waals surface area contributed by atoms with Crippen LogP contribution in [-0.4, -0.2) is 10.3 Å². The smallest absolute Gasteiger partial charge is 0.173 e. The van der Waals surface area contributed by atoms with E-state index in [-0.39, 0.29) is 6.61 Å². The maximum atomic E-state index is 9.71. The SMILES string of the molecule is OCc1c(-c2c(Cl)cccc2Cl)noc1-c1ccccc1. The van der Waals surface area contributed by atoms with E-state index in [1.54, 1.807) is 18.2 Å². The largest absolute Gasteiger partial charge is 0.391 e. The number of nitrogens with zero attached hydrogens (tertiary/aromatic N) is 1. The molecule has 0 atom stereocenters. The Morgan fingerprint density at radius 3 is 2.24 bits per heavy atom. The van der Waals surface area contributed by atoms with Crippen LogP contribution in [0, 0.1) is 0 Å². The van der Waals surface area contributed by atoms with Gasteiger partial charge in [-0.05, 0) is 12.1 Å². The quantitative estimate of drug-likeness (QED) is 0.753. The highest BCUT2D eigenvalue weighted by Gasteiger charge is 2.21. The lowest BCUT2D eigenvalue weighted by atomic mass is 10.0. The van der Waals surface area contributed by atoms with Crippen molar-refractivity contribution in [3.63, 3.8) is 0 Å². The second kappa shape index (κ2) is 5.90. The van der Waals surface area contributed by atoms with Crippen LogP contribution in [0.4, 0.5) is 0 Å². The van der Waals surface area contributed by atoms with Gasteiger partial charge in [-0.3, -0.25) is 0 Å². The molecule has 2 aromatic carbocycles. The summed E-state index contributed by atoms with van der Waals surface area (Å²) in [6.07, 6.45) is 0. The molecule has 0 unspecified atom stereocenters. The summed E-state index contributed by atoms with van der Waals surface area (Å²) in [5, 5.41) is 14.7. The number of hydrogen-bond donors (Lipinski definition) is 1. The molecule has 1 N–H and O–H groups in total. The standard InChI is InChI=1S/C16H11Cl2NO2/c17-12-7-4-8-13(18)14(12)15-11(9-20)16(21-19-15)10-5-2-1-3-6-10/h1-8,20H,9H2. The summed E-state index contributed by atoms with van der Waals surface area (Å²) in [5.74, 6) is 0.518. The number of aliphatic hydroxyl groups is 1. The van der Waals surface area contributed by atoms with Crippen molar-refractivity contribution in [3.8, 4) is 22.6 Å². The van der Waals surface area contributed by atoms with Crippen LogP contribution in [0.15, 0.2) is 53.1 Å². The molecule has 0 aliphatic rings. The second-order valence-electron chi connectivity index (χ2n) is 4.46. The first-order valence-electron chi connectivity index (χ1n) is 6.31. The molecule has 0 aliphatic carbocycles. The van der Waals surface area contributed by atoms with Crippen LogP contribution in [0.1, 0.15) is 5.56 Å². The molecule has 0 spiro atoms. The summed E-state index contributed by atoms with van der Waals surface area (Å²) in [7, 11) is 0. The van der Waals surface area contributed by atoms with Crippen LogP contribution in [0.3, 0.4) is 0 Å². The van der Waals surface area contributed by atoms with Gasteiger partial charge in [-0.15, -0.1) is 0 Å². The average molecular weight is 320 g/mol. The van der Waals surface area contributed by atoms with Crippen molar-refractivity contribution < 1.29 is 9.63 Å². The maximum Gasteiger partial charge on any atom is 0.173 e. The second-order valence-corrected chi connectivity index (χ2v) is 5.27. The Labute approximate surface area is 131 Å². The Balaban J connectivity index is 2.20. The summed E-state index contributed by atoms with van der Waals surface area (Å²) < 4.78 is 5.41. The average Bonchev–Trinajstić information content (AvgIpc) is 2.91. The van der Waals surface area contributed by atoms with E-state index in [0.29, 0.717) is 32.6 Å². The molecule has 1 heterocycles. The molecule has 0 fully saturated rings. The lowest BCUT2D eigenvalue weighted by molar-refractivity contribution is 0.281. The molecule has 0 bridgehead atoms. The molecule has 0 radical (unpaired) electrons. The van der Waals surface area contributed by atoms with Crippen LogP contribution in [0.25, 0.3) is 22.6 Å². The van der Waals surface area contributed by atoms with Crippen molar-refractivity contribution in [2.24, 2.45) is 0 Å². The van der Waals surface area contributed by atoms with Crippen LogP contribution in [-0.2, 0) is 6.61 Å². The number of halogens is 2. The number of benzene rings is 2. The van der Waals surface area contributed by atoms with E-state index in [0.717, 1.165) is 5.56 Å². The van der Waals surface area contributed by atoms with Crippen LogP contribution < -0.4 is 0 Å². The molecule has 0 saturated heterocycles. The summed E-state index contributed by atoms with van der Waals surface area (Å²) >= 11 is 12.4. The molecule has 0 amide bonds. The molecule has 21 heavy (non-hydrogen) atoms. The van der Waals surface area contributed by atoms with E-state index in [4.69, 9.17) is 27.7 Å². The van der Waals surface area contributed by atoms with Gasteiger partial charge < -0.3 is 9.63 Å². The Kier molecular flexibility index (Phi) is 3.97. The summed E-state index contributed by atoms with van der Waals surface area (Å²) in [4.78, 5) is 0. The van der Waals surface area contributed by atoms with Crippen LogP contribution >= 0.6 is 23.2 Å². The highest BCUT2D eigenvalue weighted by Crippen LogP contribution is 2.39. The molecule has 1 aromatic heterocycles. The molecule has 106 valence electrons. The summed E-state index contributed by atoms with van der Waals surface area (Å²) in [6, 6.07) is 14.7. The van der Waals surface area contributed by atoms with Crippen molar-refractivity contribution >= 4 is 23.2 Å². The van der Waals surface area contributed by atoms with Gasteiger partial charge in [0.2, 0.25) is 0 Å². The lowest BCUT2D eigenvalue weighted by Gasteiger charge is -2.05. The fourth-order valence-electron chi connectivity index (χ4n) is 2.19. The number of rotatable bonds is 3. The molecule has 0 aliphatic heterocycles. The zero-order valence-electron chi connectivity index (χ0n) is 10.9. The Hall–Kier alpha value is -1.81. The summed E-state index contributed by atoms with van der Waals surface area (Å²) in [6.45, 7) is -0.218. The Morgan fingerprint density at radius 2 is 1.62 bits per heavy atom. The first-order chi connectivity index (χ1) is 10.2. The van der Waals surface area contributed by atoms with Gasteiger partial charge in [-0.25, -0.2) is 0 Å². The minimum atomic E-state index is -0.218. The van der Waals surface area contributed by atoms with Gasteiger partial charge in [0.1, 0.15) is 5.69 Å². The molecule has 3 rings (SSSR count). The van der Waals surface area contributed by atoms with Gasteiger partial charge in [-0.2, -0.15) is 0 Å². The molecular formula is C16H11Cl2NO2. The molecular weight excluding hydrogens is 309 g/mol. The third-order valence-corrected chi connectivity index (χ3v) is 3.81. The topological polar surface area (TPSA) is 46.3 Å². The zero-order chi connectivity index (χ0) is 14.8. The van der Waals surface area contributed by atoms with E-state index in [9.17, 15) is 5.11 Å². The third-order valence-electron chi connectivity index (χ3n) is 3.18. The predicted octanol–water partition coefficient (Wildman–Crippen LogP) is 4.81. The van der Waals surface area contributed by atoms with Crippen molar-refractivity contribution in [1.29, 1.82) is 0 Å². The lowest BCUT2D eigenvalue weighted by Crippen LogP contribution is -1.90. The van der Waals surface area contributed by atoms with Crippen LogP contribution in [0.5, 0.6) is 0 Å². The van der Waals surface area contributed by atoms with Crippen molar-refractivity contribution in [1.82, 2.24) is 5.16 Å². The molecule has 3 aromatic rings. The van der Waals surface area contributed by atoms with Crippen LogP contribution in [0.2, 0.25) is 10.0 Å². The summed E-state index contributed by atoms with van der Waals surface area (Å²) in [5.41, 5.74) is 2.43. The minimum absolute atomic E-state index is 0.218. The predicted molar refractivity (Wildman–Crippen MR) is 83.3 cm³/mol. The van der Waals surface area contributed by atoms with Crippen molar-refractivity contribution in [3.05, 3.63) is 64.1 Å². The van der Waals surface area contributed by atoms with Crippen molar-refractivity contribution in [2.75, 3.05) is 0 Å². The van der Waals surface area contributed by atoms with E-state index >= 15 is 0 Å². The highest BCUT2D eigenvalue weighted by molar-refractivity contribution is 6.39. The fourth-order valence-corrected chi connectivity index (χ4v) is 2.77. The van der Waals surface area contributed by atoms with Gasteiger partial charge >= 0.3 is 0 Å². The molecule has 3 nitrogen and oxygen atoms in total. The van der Waals surface area contributed by atoms with E-state index in [1.807, 2.05) is 30.3 Å². The zero-order valence-corrected chi connectivity index (χ0v) is 12.4. The Bertz CT molecular complexity index is 749. The highest BCUT2D eigenvalue weighted by atomic mass is 35.5. The van der Waals surface area contributed by atoms with Crippen molar-refractivity contribution in [2.45, 2.75) is 6.61 Å². The fraction of sp³-hybridized carbons (Fsp3) is 0.0625. The monoisotopic (exact) mass is 319 g/mol. The number of hydrogen-bond acceptors (Lipinski definition) is 3.